The van der Waals surface area contributed by atoms with E-state index in [-0.39, 0.29) is 18.3 Å². The summed E-state index contributed by atoms with van der Waals surface area (Å²) in [4.78, 5) is 15.6. The maximum Gasteiger partial charge on any atom is 0.220 e. The fourth-order valence-electron chi connectivity index (χ4n) is 1.73. The Bertz CT molecular complexity index is 543. The van der Waals surface area contributed by atoms with Crippen molar-refractivity contribution in [2.45, 2.75) is 19.4 Å². The normalized spacial score (nSPS) is 10.2. The number of rotatable bonds is 5. The smallest absolute Gasteiger partial charge is 0.220 e. The van der Waals surface area contributed by atoms with Crippen LogP contribution in [0.15, 0.2) is 48.8 Å². The standard InChI is InChI=1S/C15H15FN2O/c16-14-6-2-1-5-13(14)11-18-15(19)8-7-12-4-3-9-17-10-12/h1-6,9-10H,7-8,11H2,(H,18,19). The minimum atomic E-state index is -0.296. The second-order valence-corrected chi connectivity index (χ2v) is 4.23. The van der Waals surface area contributed by atoms with Gasteiger partial charge >= 0.3 is 0 Å². The molecule has 1 aromatic carbocycles. The zero-order valence-electron chi connectivity index (χ0n) is 10.5. The summed E-state index contributed by atoms with van der Waals surface area (Å²) in [7, 11) is 0. The van der Waals surface area contributed by atoms with Gasteiger partial charge in [-0.1, -0.05) is 24.3 Å². The van der Waals surface area contributed by atoms with Gasteiger partial charge in [-0.15, -0.1) is 0 Å². The van der Waals surface area contributed by atoms with Crippen LogP contribution >= 0.6 is 0 Å². The zero-order chi connectivity index (χ0) is 13.5. The van der Waals surface area contributed by atoms with E-state index in [2.05, 4.69) is 10.3 Å². The minimum Gasteiger partial charge on any atom is -0.352 e. The van der Waals surface area contributed by atoms with Crippen molar-refractivity contribution in [2.24, 2.45) is 0 Å². The topological polar surface area (TPSA) is 42.0 Å². The molecule has 0 radical (unpaired) electrons. The van der Waals surface area contributed by atoms with Gasteiger partial charge in [-0.05, 0) is 24.1 Å². The first-order valence-corrected chi connectivity index (χ1v) is 6.15. The van der Waals surface area contributed by atoms with E-state index < -0.39 is 0 Å². The molecule has 0 aliphatic carbocycles. The highest BCUT2D eigenvalue weighted by Crippen LogP contribution is 2.06. The van der Waals surface area contributed by atoms with E-state index in [1.165, 1.54) is 6.07 Å². The van der Waals surface area contributed by atoms with Gasteiger partial charge in [-0.3, -0.25) is 9.78 Å². The summed E-state index contributed by atoms with van der Waals surface area (Å²) in [6.45, 7) is 0.221. The Morgan fingerprint density at radius 3 is 2.79 bits per heavy atom. The number of aryl methyl sites for hydroxylation is 1. The third kappa shape index (κ3) is 4.17. The predicted octanol–water partition coefficient (Wildman–Crippen LogP) is 2.47. The van der Waals surface area contributed by atoms with Crippen LogP contribution in [0.1, 0.15) is 17.5 Å². The molecular formula is C15H15FN2O. The quantitative estimate of drug-likeness (QED) is 0.895. The number of amides is 1. The Hall–Kier alpha value is -2.23. The number of hydrogen-bond donors (Lipinski definition) is 1. The molecule has 0 bridgehead atoms. The summed E-state index contributed by atoms with van der Waals surface area (Å²) < 4.78 is 13.3. The van der Waals surface area contributed by atoms with Crippen LogP contribution in [-0.4, -0.2) is 10.9 Å². The van der Waals surface area contributed by atoms with Gasteiger partial charge in [0, 0.05) is 30.9 Å². The fourth-order valence-corrected chi connectivity index (χ4v) is 1.73. The van der Waals surface area contributed by atoms with Gasteiger partial charge in [0.25, 0.3) is 0 Å². The van der Waals surface area contributed by atoms with Crippen molar-refractivity contribution < 1.29 is 9.18 Å². The van der Waals surface area contributed by atoms with Crippen LogP contribution in [0.3, 0.4) is 0 Å². The molecule has 0 atom stereocenters. The highest BCUT2D eigenvalue weighted by molar-refractivity contribution is 5.76. The van der Waals surface area contributed by atoms with Crippen LogP contribution in [0.4, 0.5) is 4.39 Å². The summed E-state index contributed by atoms with van der Waals surface area (Å²) in [6, 6.07) is 10.2. The van der Waals surface area contributed by atoms with Crippen molar-refractivity contribution in [3.8, 4) is 0 Å². The first kappa shape index (κ1) is 13.2. The highest BCUT2D eigenvalue weighted by Gasteiger charge is 2.04. The lowest BCUT2D eigenvalue weighted by atomic mass is 10.1. The number of halogens is 1. The van der Waals surface area contributed by atoms with Crippen molar-refractivity contribution >= 4 is 5.91 Å². The van der Waals surface area contributed by atoms with Crippen molar-refractivity contribution in [1.82, 2.24) is 10.3 Å². The molecule has 3 nitrogen and oxygen atoms in total. The van der Waals surface area contributed by atoms with Gasteiger partial charge in [-0.2, -0.15) is 0 Å². The predicted molar refractivity (Wildman–Crippen MR) is 70.8 cm³/mol. The lowest BCUT2D eigenvalue weighted by molar-refractivity contribution is -0.121. The Balaban J connectivity index is 1.78. The molecule has 2 rings (SSSR count). The summed E-state index contributed by atoms with van der Waals surface area (Å²) in [5, 5.41) is 2.71. The average molecular weight is 258 g/mol. The first-order valence-electron chi connectivity index (χ1n) is 6.15. The number of hydrogen-bond acceptors (Lipinski definition) is 2. The Kier molecular flexibility index (Phi) is 4.61. The van der Waals surface area contributed by atoms with E-state index in [0.29, 0.717) is 18.4 Å². The molecule has 1 N–H and O–H groups in total. The number of aromatic nitrogens is 1. The molecule has 1 aromatic heterocycles. The molecule has 19 heavy (non-hydrogen) atoms. The second kappa shape index (κ2) is 6.64. The van der Waals surface area contributed by atoms with Crippen molar-refractivity contribution in [3.05, 3.63) is 65.7 Å². The average Bonchev–Trinajstić information content (AvgIpc) is 2.45. The highest BCUT2D eigenvalue weighted by atomic mass is 19.1. The molecule has 0 unspecified atom stereocenters. The molecule has 2 aromatic rings. The number of carbonyl (C=O) groups is 1. The lowest BCUT2D eigenvalue weighted by Gasteiger charge is -2.06. The largest absolute Gasteiger partial charge is 0.352 e. The molecule has 0 aliphatic heterocycles. The molecule has 4 heteroatoms. The third-order valence-corrected chi connectivity index (χ3v) is 2.80. The van der Waals surface area contributed by atoms with Crippen LogP contribution in [-0.2, 0) is 17.8 Å². The third-order valence-electron chi connectivity index (χ3n) is 2.80. The Morgan fingerprint density at radius 2 is 2.05 bits per heavy atom. The van der Waals surface area contributed by atoms with Crippen LogP contribution in [0.2, 0.25) is 0 Å². The first-order chi connectivity index (χ1) is 9.25. The van der Waals surface area contributed by atoms with Crippen molar-refractivity contribution in [3.63, 3.8) is 0 Å². The summed E-state index contributed by atoms with van der Waals surface area (Å²) in [5.74, 6) is -0.387. The molecule has 0 aliphatic rings. The van der Waals surface area contributed by atoms with E-state index in [1.54, 1.807) is 30.6 Å². The molecule has 0 fully saturated rings. The molecule has 1 amide bonds. The SMILES string of the molecule is O=C(CCc1cccnc1)NCc1ccccc1F. The molecule has 1 heterocycles. The molecule has 0 saturated carbocycles. The van der Waals surface area contributed by atoms with Gasteiger partial charge in [-0.25, -0.2) is 4.39 Å². The van der Waals surface area contributed by atoms with Gasteiger partial charge < -0.3 is 5.32 Å². The van der Waals surface area contributed by atoms with Gasteiger partial charge in [0.1, 0.15) is 5.82 Å². The Labute approximate surface area is 111 Å². The van der Waals surface area contributed by atoms with E-state index >= 15 is 0 Å². The summed E-state index contributed by atoms with van der Waals surface area (Å²) in [6.07, 6.45) is 4.45. The Morgan fingerprint density at radius 1 is 1.21 bits per heavy atom. The number of nitrogens with zero attached hydrogens (tertiary/aromatic N) is 1. The molecule has 0 saturated heterocycles. The molecular weight excluding hydrogens is 243 g/mol. The van der Waals surface area contributed by atoms with E-state index in [9.17, 15) is 9.18 Å². The maximum absolute atomic E-state index is 13.3. The van der Waals surface area contributed by atoms with Crippen molar-refractivity contribution in [2.75, 3.05) is 0 Å². The van der Waals surface area contributed by atoms with Crippen molar-refractivity contribution in [1.29, 1.82) is 0 Å². The van der Waals surface area contributed by atoms with E-state index in [4.69, 9.17) is 0 Å². The minimum absolute atomic E-state index is 0.0906. The molecule has 0 spiro atoms. The second-order valence-electron chi connectivity index (χ2n) is 4.23. The van der Waals surface area contributed by atoms with E-state index in [1.807, 2.05) is 12.1 Å². The van der Waals surface area contributed by atoms with Crippen LogP contribution in [0, 0.1) is 5.82 Å². The van der Waals surface area contributed by atoms with E-state index in [0.717, 1.165) is 5.56 Å². The number of carbonyl (C=O) groups excluding carboxylic acids is 1. The summed E-state index contributed by atoms with van der Waals surface area (Å²) >= 11 is 0. The molecule has 98 valence electrons. The van der Waals surface area contributed by atoms with Crippen LogP contribution < -0.4 is 5.32 Å². The number of benzene rings is 1. The van der Waals surface area contributed by atoms with Crippen LogP contribution in [0.25, 0.3) is 0 Å². The van der Waals surface area contributed by atoms with Gasteiger partial charge in [0.05, 0.1) is 0 Å². The summed E-state index contributed by atoms with van der Waals surface area (Å²) in [5.41, 5.74) is 1.51. The zero-order valence-corrected chi connectivity index (χ0v) is 10.5. The maximum atomic E-state index is 13.3. The monoisotopic (exact) mass is 258 g/mol. The van der Waals surface area contributed by atoms with Gasteiger partial charge in [0.2, 0.25) is 5.91 Å². The lowest BCUT2D eigenvalue weighted by Crippen LogP contribution is -2.23. The van der Waals surface area contributed by atoms with Crippen LogP contribution in [0.5, 0.6) is 0 Å². The number of pyridine rings is 1. The number of nitrogens with one attached hydrogen (secondary N) is 1. The fraction of sp³-hybridized carbons (Fsp3) is 0.200. The van der Waals surface area contributed by atoms with Gasteiger partial charge in [0.15, 0.2) is 0 Å².